The molecule has 3 aromatic rings. The van der Waals surface area contributed by atoms with Crippen LogP contribution in [0.1, 0.15) is 11.4 Å². The predicted octanol–water partition coefficient (Wildman–Crippen LogP) is 2.54. The number of rotatable bonds is 2. The second kappa shape index (κ2) is 4.87. The zero-order valence-electron chi connectivity index (χ0n) is 10.1. The third-order valence-electron chi connectivity index (χ3n) is 2.80. The minimum absolute atomic E-state index is 0.235. The number of nitrogens with zero attached hydrogens (tertiary/aromatic N) is 5. The highest BCUT2D eigenvalue weighted by Gasteiger charge is 2.11. The summed E-state index contributed by atoms with van der Waals surface area (Å²) in [6.07, 6.45) is 2.85. The molecular formula is C13H7ClFN5. The molecule has 0 fully saturated rings. The van der Waals surface area contributed by atoms with Gasteiger partial charge < -0.3 is 4.57 Å². The third-order valence-corrected chi connectivity index (χ3v) is 3.09. The van der Waals surface area contributed by atoms with Crippen LogP contribution in [0.15, 0.2) is 30.6 Å². The van der Waals surface area contributed by atoms with E-state index in [0.717, 1.165) is 0 Å². The molecule has 0 amide bonds. The summed E-state index contributed by atoms with van der Waals surface area (Å²) in [5.41, 5.74) is 1.55. The van der Waals surface area contributed by atoms with Crippen molar-refractivity contribution >= 4 is 22.6 Å². The first-order chi connectivity index (χ1) is 9.67. The van der Waals surface area contributed by atoms with E-state index in [9.17, 15) is 4.39 Å². The van der Waals surface area contributed by atoms with Gasteiger partial charge in [0.05, 0.1) is 23.1 Å². The van der Waals surface area contributed by atoms with Gasteiger partial charge in [-0.05, 0) is 29.8 Å². The van der Waals surface area contributed by atoms with Crippen molar-refractivity contribution in [1.82, 2.24) is 19.5 Å². The summed E-state index contributed by atoms with van der Waals surface area (Å²) in [6, 6.07) is 6.19. The molecule has 7 heteroatoms. The van der Waals surface area contributed by atoms with Gasteiger partial charge in [0.1, 0.15) is 17.7 Å². The molecule has 2 heterocycles. The second-order valence-corrected chi connectivity index (χ2v) is 4.44. The minimum atomic E-state index is -0.365. The monoisotopic (exact) mass is 287 g/mol. The molecule has 0 aliphatic rings. The van der Waals surface area contributed by atoms with Crippen LogP contribution in [-0.4, -0.2) is 19.5 Å². The molecule has 3 rings (SSSR count). The van der Waals surface area contributed by atoms with Gasteiger partial charge in [0.25, 0.3) is 0 Å². The number of hydrogen-bond donors (Lipinski definition) is 0. The maximum absolute atomic E-state index is 13.3. The molecule has 0 spiro atoms. The maximum Gasteiger partial charge on any atom is 0.204 e. The van der Waals surface area contributed by atoms with E-state index in [4.69, 9.17) is 16.9 Å². The number of benzene rings is 1. The molecule has 0 radical (unpaired) electrons. The summed E-state index contributed by atoms with van der Waals surface area (Å²) >= 11 is 6.05. The van der Waals surface area contributed by atoms with E-state index in [2.05, 4.69) is 15.0 Å². The van der Waals surface area contributed by atoms with Crippen molar-refractivity contribution < 1.29 is 4.39 Å². The Kier molecular flexibility index (Phi) is 3.05. The number of imidazole rings is 1. The molecule has 0 aliphatic heterocycles. The summed E-state index contributed by atoms with van der Waals surface area (Å²) in [7, 11) is 0. The van der Waals surface area contributed by atoms with E-state index in [1.807, 2.05) is 6.07 Å². The van der Waals surface area contributed by atoms with E-state index in [1.165, 1.54) is 24.5 Å². The molecular weight excluding hydrogens is 281 g/mol. The molecule has 0 unspecified atom stereocenters. The molecule has 98 valence electrons. The lowest BCUT2D eigenvalue weighted by atomic mass is 10.3. The van der Waals surface area contributed by atoms with Crippen LogP contribution in [0.5, 0.6) is 0 Å². The average molecular weight is 288 g/mol. The van der Waals surface area contributed by atoms with Crippen molar-refractivity contribution in [1.29, 1.82) is 5.26 Å². The second-order valence-electron chi connectivity index (χ2n) is 4.10. The topological polar surface area (TPSA) is 67.4 Å². The maximum atomic E-state index is 13.3. The van der Waals surface area contributed by atoms with Crippen LogP contribution in [0.25, 0.3) is 11.0 Å². The molecule has 0 bridgehead atoms. The first kappa shape index (κ1) is 12.5. The molecule has 0 saturated heterocycles. The lowest BCUT2D eigenvalue weighted by Crippen LogP contribution is -2.04. The van der Waals surface area contributed by atoms with Gasteiger partial charge in [-0.1, -0.05) is 0 Å². The van der Waals surface area contributed by atoms with Crippen molar-refractivity contribution in [2.45, 2.75) is 6.54 Å². The number of hydrogen-bond acceptors (Lipinski definition) is 4. The summed E-state index contributed by atoms with van der Waals surface area (Å²) < 4.78 is 14.9. The zero-order chi connectivity index (χ0) is 14.1. The standard InChI is InChI=1S/C13H7ClFN5/c14-13-19-10-2-1-9(15)3-11(10)20(13)7-12-17-5-8(4-16)6-18-12/h1-3,5-6H,7H2. The smallest absolute Gasteiger partial charge is 0.204 e. The SMILES string of the molecule is N#Cc1cnc(Cn2c(Cl)nc3ccc(F)cc32)nc1. The Morgan fingerprint density at radius 2 is 2.05 bits per heavy atom. The van der Waals surface area contributed by atoms with E-state index >= 15 is 0 Å². The molecule has 20 heavy (non-hydrogen) atoms. The minimum Gasteiger partial charge on any atom is -0.307 e. The highest BCUT2D eigenvalue weighted by atomic mass is 35.5. The molecule has 5 nitrogen and oxygen atoms in total. The third kappa shape index (κ3) is 2.19. The Morgan fingerprint density at radius 1 is 1.30 bits per heavy atom. The van der Waals surface area contributed by atoms with Crippen molar-refractivity contribution in [2.75, 3.05) is 0 Å². The Hall–Kier alpha value is -2.52. The van der Waals surface area contributed by atoms with Gasteiger partial charge in [0.2, 0.25) is 5.28 Å². The van der Waals surface area contributed by atoms with Crippen LogP contribution >= 0.6 is 11.6 Å². The molecule has 1 aromatic carbocycles. The van der Waals surface area contributed by atoms with Gasteiger partial charge in [0.15, 0.2) is 0 Å². The van der Waals surface area contributed by atoms with Crippen molar-refractivity contribution in [3.63, 3.8) is 0 Å². The molecule has 0 N–H and O–H groups in total. The zero-order valence-corrected chi connectivity index (χ0v) is 10.8. The van der Waals surface area contributed by atoms with Crippen molar-refractivity contribution in [2.24, 2.45) is 0 Å². The lowest BCUT2D eigenvalue weighted by Gasteiger charge is -2.04. The summed E-state index contributed by atoms with van der Waals surface area (Å²) in [5, 5.41) is 8.93. The quantitative estimate of drug-likeness (QED) is 0.726. The Labute approximate surface area is 118 Å². The van der Waals surface area contributed by atoms with Crippen LogP contribution in [0.2, 0.25) is 5.28 Å². The largest absolute Gasteiger partial charge is 0.307 e. The molecule has 2 aromatic heterocycles. The number of nitriles is 1. The van der Waals surface area contributed by atoms with Crippen LogP contribution in [0.4, 0.5) is 4.39 Å². The molecule has 0 atom stereocenters. The number of aromatic nitrogens is 4. The van der Waals surface area contributed by atoms with Gasteiger partial charge in [-0.15, -0.1) is 0 Å². The average Bonchev–Trinajstić information content (AvgIpc) is 2.76. The van der Waals surface area contributed by atoms with Crippen LogP contribution in [0.3, 0.4) is 0 Å². The molecule has 0 aliphatic carbocycles. The van der Waals surface area contributed by atoms with E-state index in [1.54, 1.807) is 10.6 Å². The van der Waals surface area contributed by atoms with Gasteiger partial charge in [-0.25, -0.2) is 19.3 Å². The van der Waals surface area contributed by atoms with Gasteiger partial charge in [-0.2, -0.15) is 5.26 Å². The van der Waals surface area contributed by atoms with Crippen LogP contribution < -0.4 is 0 Å². The van der Waals surface area contributed by atoms with Gasteiger partial charge in [-0.3, -0.25) is 0 Å². The number of halogens is 2. The fraction of sp³-hybridized carbons (Fsp3) is 0.0769. The summed E-state index contributed by atoms with van der Waals surface area (Å²) in [6.45, 7) is 0.254. The Balaban J connectivity index is 2.03. The Morgan fingerprint density at radius 3 is 2.75 bits per heavy atom. The van der Waals surface area contributed by atoms with Gasteiger partial charge in [0, 0.05) is 12.4 Å². The van der Waals surface area contributed by atoms with Gasteiger partial charge >= 0.3 is 0 Å². The normalized spacial score (nSPS) is 10.7. The first-order valence-corrected chi connectivity index (χ1v) is 6.07. The molecule has 0 saturated carbocycles. The van der Waals surface area contributed by atoms with E-state index in [-0.39, 0.29) is 17.6 Å². The summed E-state index contributed by atoms with van der Waals surface area (Å²) in [4.78, 5) is 12.3. The van der Waals surface area contributed by atoms with Crippen molar-refractivity contribution in [3.05, 3.63) is 53.1 Å². The predicted molar refractivity (Wildman–Crippen MR) is 70.5 cm³/mol. The van der Waals surface area contributed by atoms with Crippen LogP contribution in [-0.2, 0) is 6.54 Å². The van der Waals surface area contributed by atoms with Crippen LogP contribution in [0, 0.1) is 17.1 Å². The highest BCUT2D eigenvalue weighted by molar-refractivity contribution is 6.29. The fourth-order valence-corrected chi connectivity index (χ4v) is 2.09. The lowest BCUT2D eigenvalue weighted by molar-refractivity contribution is 0.628. The fourth-order valence-electron chi connectivity index (χ4n) is 1.85. The van der Waals surface area contributed by atoms with E-state index in [0.29, 0.717) is 22.4 Å². The van der Waals surface area contributed by atoms with E-state index < -0.39 is 0 Å². The summed E-state index contributed by atoms with van der Waals surface area (Å²) in [5.74, 6) is 0.102. The Bertz CT molecular complexity index is 819. The highest BCUT2D eigenvalue weighted by Crippen LogP contribution is 2.21. The first-order valence-electron chi connectivity index (χ1n) is 5.69. The number of fused-ring (bicyclic) bond motifs is 1. The van der Waals surface area contributed by atoms with Crippen molar-refractivity contribution in [3.8, 4) is 6.07 Å².